The molecule has 0 saturated heterocycles. The largest absolute Gasteiger partial charge is 0.352 e. The minimum Gasteiger partial charge on any atom is -0.352 e. The lowest BCUT2D eigenvalue weighted by atomic mass is 10.1. The zero-order chi connectivity index (χ0) is 19.2. The van der Waals surface area contributed by atoms with Crippen LogP contribution in [0.1, 0.15) is 36.2 Å². The lowest BCUT2D eigenvalue weighted by Crippen LogP contribution is -2.29. The molecule has 0 spiro atoms. The van der Waals surface area contributed by atoms with Gasteiger partial charge < -0.3 is 10.2 Å². The number of rotatable bonds is 8. The summed E-state index contributed by atoms with van der Waals surface area (Å²) in [7, 11) is 0. The Hall–Kier alpha value is -2.73. The van der Waals surface area contributed by atoms with Gasteiger partial charge in [-0.2, -0.15) is 5.10 Å². The molecule has 3 aromatic rings. The van der Waals surface area contributed by atoms with Gasteiger partial charge in [-0.05, 0) is 39.0 Å². The number of nitrogens with one attached hydrogen (secondary N) is 1. The van der Waals surface area contributed by atoms with Gasteiger partial charge in [0.1, 0.15) is 5.56 Å². The van der Waals surface area contributed by atoms with Crippen LogP contribution in [0.2, 0.25) is 0 Å². The third-order valence-electron chi connectivity index (χ3n) is 4.82. The van der Waals surface area contributed by atoms with Gasteiger partial charge in [0.2, 0.25) is 0 Å². The van der Waals surface area contributed by atoms with Crippen LogP contribution in [0.15, 0.2) is 42.7 Å². The highest BCUT2D eigenvalue weighted by Gasteiger charge is 2.15. The van der Waals surface area contributed by atoms with Crippen molar-refractivity contribution in [2.24, 2.45) is 0 Å². The van der Waals surface area contributed by atoms with Crippen LogP contribution in [-0.4, -0.2) is 51.6 Å². The number of benzene rings is 1. The number of carbonyl (C=O) groups is 1. The van der Waals surface area contributed by atoms with E-state index in [4.69, 9.17) is 0 Å². The maximum Gasteiger partial charge on any atom is 0.256 e. The molecule has 3 rings (SSSR count). The molecule has 6 nitrogen and oxygen atoms in total. The van der Waals surface area contributed by atoms with Crippen molar-refractivity contribution in [2.45, 2.75) is 27.2 Å². The second-order valence-corrected chi connectivity index (χ2v) is 6.63. The highest BCUT2D eigenvalue weighted by atomic mass is 16.1. The molecule has 6 heteroatoms. The normalized spacial score (nSPS) is 11.3. The summed E-state index contributed by atoms with van der Waals surface area (Å²) in [5, 5.41) is 7.40. The third-order valence-corrected chi connectivity index (χ3v) is 4.82. The lowest BCUT2D eigenvalue weighted by molar-refractivity contribution is 0.0953. The highest BCUT2D eigenvalue weighted by molar-refractivity contribution is 5.99. The van der Waals surface area contributed by atoms with Crippen molar-refractivity contribution in [3.8, 4) is 11.3 Å². The Labute approximate surface area is 160 Å². The van der Waals surface area contributed by atoms with E-state index in [2.05, 4.69) is 65.3 Å². The molecule has 2 aromatic heterocycles. The summed E-state index contributed by atoms with van der Waals surface area (Å²) in [5.41, 5.74) is 4.25. The summed E-state index contributed by atoms with van der Waals surface area (Å²) >= 11 is 0. The fourth-order valence-corrected chi connectivity index (χ4v) is 3.13. The number of nitrogens with zero attached hydrogens (tertiary/aromatic N) is 4. The molecule has 2 heterocycles. The first kappa shape index (κ1) is 19.0. The van der Waals surface area contributed by atoms with E-state index in [0.717, 1.165) is 37.3 Å². The van der Waals surface area contributed by atoms with Crippen LogP contribution >= 0.6 is 0 Å². The van der Waals surface area contributed by atoms with E-state index >= 15 is 0 Å². The van der Waals surface area contributed by atoms with Gasteiger partial charge >= 0.3 is 0 Å². The van der Waals surface area contributed by atoms with Gasteiger partial charge in [0.25, 0.3) is 5.91 Å². The first-order valence-corrected chi connectivity index (χ1v) is 9.54. The van der Waals surface area contributed by atoms with Gasteiger partial charge in [-0.15, -0.1) is 0 Å². The molecule has 0 aliphatic carbocycles. The molecule has 1 amide bonds. The van der Waals surface area contributed by atoms with Gasteiger partial charge in [-0.3, -0.25) is 4.79 Å². The molecule has 0 aliphatic rings. The predicted octanol–water partition coefficient (Wildman–Crippen LogP) is 3.17. The molecule has 1 aromatic carbocycles. The van der Waals surface area contributed by atoms with Crippen molar-refractivity contribution >= 4 is 11.6 Å². The Morgan fingerprint density at radius 2 is 1.89 bits per heavy atom. The summed E-state index contributed by atoms with van der Waals surface area (Å²) in [6.07, 6.45) is 4.25. The second kappa shape index (κ2) is 8.77. The number of aromatic nitrogens is 3. The maximum atomic E-state index is 12.6. The Morgan fingerprint density at radius 1 is 1.15 bits per heavy atom. The van der Waals surface area contributed by atoms with E-state index < -0.39 is 0 Å². The molecular weight excluding hydrogens is 338 g/mol. The predicted molar refractivity (Wildman–Crippen MR) is 108 cm³/mol. The minimum absolute atomic E-state index is 0.127. The zero-order valence-electron chi connectivity index (χ0n) is 16.3. The topological polar surface area (TPSA) is 62.5 Å². The summed E-state index contributed by atoms with van der Waals surface area (Å²) in [4.78, 5) is 19.3. The zero-order valence-corrected chi connectivity index (χ0v) is 16.3. The van der Waals surface area contributed by atoms with Gasteiger partial charge in [0, 0.05) is 18.3 Å². The molecular formula is C21H27N5O. The fourth-order valence-electron chi connectivity index (χ4n) is 3.13. The van der Waals surface area contributed by atoms with Crippen molar-refractivity contribution in [3.05, 3.63) is 53.9 Å². The second-order valence-electron chi connectivity index (χ2n) is 6.63. The average molecular weight is 365 g/mol. The molecule has 0 atom stereocenters. The monoisotopic (exact) mass is 365 g/mol. The first-order chi connectivity index (χ1) is 13.1. The van der Waals surface area contributed by atoms with Gasteiger partial charge in [-0.25, -0.2) is 9.50 Å². The van der Waals surface area contributed by atoms with E-state index in [1.165, 1.54) is 5.56 Å². The summed E-state index contributed by atoms with van der Waals surface area (Å²) in [5.74, 6) is -0.127. The van der Waals surface area contributed by atoms with Crippen molar-refractivity contribution in [1.29, 1.82) is 0 Å². The molecule has 0 aliphatic heterocycles. The van der Waals surface area contributed by atoms with Crippen LogP contribution in [0, 0.1) is 6.92 Å². The Bertz CT molecular complexity index is 897. The maximum absolute atomic E-state index is 12.6. The third kappa shape index (κ3) is 4.34. The molecule has 0 bridgehead atoms. The number of hydrogen-bond acceptors (Lipinski definition) is 4. The number of amides is 1. The van der Waals surface area contributed by atoms with Crippen molar-refractivity contribution in [2.75, 3.05) is 26.2 Å². The van der Waals surface area contributed by atoms with Crippen LogP contribution in [-0.2, 0) is 0 Å². The van der Waals surface area contributed by atoms with Crippen LogP contribution in [0.25, 0.3) is 16.9 Å². The van der Waals surface area contributed by atoms with Crippen LogP contribution in [0.5, 0.6) is 0 Å². The highest BCUT2D eigenvalue weighted by Crippen LogP contribution is 2.21. The summed E-state index contributed by atoms with van der Waals surface area (Å²) in [6, 6.07) is 10.1. The first-order valence-electron chi connectivity index (χ1n) is 9.54. The molecule has 0 unspecified atom stereocenters. The summed E-state index contributed by atoms with van der Waals surface area (Å²) < 4.78 is 1.73. The van der Waals surface area contributed by atoms with Gasteiger partial charge in [-0.1, -0.05) is 43.7 Å². The van der Waals surface area contributed by atoms with Gasteiger partial charge in [0.15, 0.2) is 5.65 Å². The van der Waals surface area contributed by atoms with Crippen LogP contribution in [0.3, 0.4) is 0 Å². The smallest absolute Gasteiger partial charge is 0.256 e. The minimum atomic E-state index is -0.127. The summed E-state index contributed by atoms with van der Waals surface area (Å²) in [6.45, 7) is 10.1. The molecule has 1 N–H and O–H groups in total. The van der Waals surface area contributed by atoms with Crippen molar-refractivity contribution < 1.29 is 4.79 Å². The Kier molecular flexibility index (Phi) is 6.19. The van der Waals surface area contributed by atoms with E-state index in [1.807, 2.05) is 6.07 Å². The van der Waals surface area contributed by atoms with Crippen molar-refractivity contribution in [3.63, 3.8) is 0 Å². The Balaban J connectivity index is 1.73. The van der Waals surface area contributed by atoms with Crippen molar-refractivity contribution in [1.82, 2.24) is 24.8 Å². The van der Waals surface area contributed by atoms with E-state index in [-0.39, 0.29) is 5.91 Å². The molecule has 0 radical (unpaired) electrons. The number of aryl methyl sites for hydroxylation is 1. The van der Waals surface area contributed by atoms with Crippen LogP contribution < -0.4 is 5.32 Å². The number of fused-ring (bicyclic) bond motifs is 1. The number of carbonyl (C=O) groups excluding carboxylic acids is 1. The lowest BCUT2D eigenvalue weighted by Gasteiger charge is -2.17. The van der Waals surface area contributed by atoms with E-state index in [9.17, 15) is 4.79 Å². The molecule has 0 fully saturated rings. The molecule has 0 saturated carbocycles. The molecule has 142 valence electrons. The quantitative estimate of drug-likeness (QED) is 0.623. The molecule has 27 heavy (non-hydrogen) atoms. The Morgan fingerprint density at radius 3 is 2.59 bits per heavy atom. The van der Waals surface area contributed by atoms with Gasteiger partial charge in [0.05, 0.1) is 11.9 Å². The SMILES string of the molecule is CCN(CC)CCCNC(=O)c1cnn2c(-c3ccc(C)cc3)ccnc12. The van der Waals surface area contributed by atoms with E-state index in [0.29, 0.717) is 17.8 Å². The number of hydrogen-bond donors (Lipinski definition) is 1. The average Bonchev–Trinajstić information content (AvgIpc) is 3.13. The fraction of sp³-hybridized carbons (Fsp3) is 0.381. The van der Waals surface area contributed by atoms with Crippen LogP contribution in [0.4, 0.5) is 0 Å². The van der Waals surface area contributed by atoms with E-state index in [1.54, 1.807) is 16.9 Å². The standard InChI is InChI=1S/C21H27N5O/c1-4-25(5-2)14-6-12-23-21(27)18-15-24-26-19(11-13-22-20(18)26)17-9-7-16(3)8-10-17/h7-11,13,15H,4-6,12,14H2,1-3H3,(H,23,27).